The van der Waals surface area contributed by atoms with E-state index >= 15 is 0 Å². The Bertz CT molecular complexity index is 1020. The lowest BCUT2D eigenvalue weighted by molar-refractivity contribution is 0.0684. The number of halogens is 1. The van der Waals surface area contributed by atoms with Gasteiger partial charge >= 0.3 is 5.97 Å². The quantitative estimate of drug-likeness (QED) is 0.588. The minimum absolute atomic E-state index is 0.356. The fraction of sp³-hybridized carbons (Fsp3) is 0.348. The predicted octanol–water partition coefficient (Wildman–Crippen LogP) is 5.38. The Balaban J connectivity index is 1.83. The topological polar surface area (TPSA) is 54.3 Å². The van der Waals surface area contributed by atoms with Crippen LogP contribution in [-0.2, 0) is 13.1 Å². The van der Waals surface area contributed by atoms with Crippen molar-refractivity contribution in [2.45, 2.75) is 51.7 Å². The smallest absolute Gasteiger partial charge is 0.352 e. The van der Waals surface area contributed by atoms with Gasteiger partial charge in [-0.25, -0.2) is 4.79 Å². The summed E-state index contributed by atoms with van der Waals surface area (Å²) in [6, 6.07) is 14.2. The maximum atomic E-state index is 12.3. The lowest BCUT2D eigenvalue weighted by Crippen LogP contribution is -2.26. The number of carbonyl (C=O) groups is 1. The molecule has 0 saturated heterocycles. The van der Waals surface area contributed by atoms with Crippen LogP contribution in [0.25, 0.3) is 10.9 Å². The van der Waals surface area contributed by atoms with Crippen molar-refractivity contribution in [1.82, 2.24) is 9.88 Å². The number of rotatable bonds is 6. The van der Waals surface area contributed by atoms with Gasteiger partial charge in [0.15, 0.2) is 0 Å². The second-order valence-electron chi connectivity index (χ2n) is 7.64. The van der Waals surface area contributed by atoms with E-state index in [2.05, 4.69) is 5.32 Å². The predicted molar refractivity (Wildman–Crippen MR) is 113 cm³/mol. The van der Waals surface area contributed by atoms with Crippen molar-refractivity contribution >= 4 is 28.5 Å². The SMILES string of the molecule is Cc1cccc2c(CNC3CCCC3)c(C(=O)O)n(Cc3ccccc3Cl)c12. The van der Waals surface area contributed by atoms with E-state index < -0.39 is 5.97 Å². The monoisotopic (exact) mass is 396 g/mol. The van der Waals surface area contributed by atoms with Crippen molar-refractivity contribution in [2.24, 2.45) is 0 Å². The third-order valence-electron chi connectivity index (χ3n) is 5.80. The van der Waals surface area contributed by atoms with Crippen molar-refractivity contribution in [3.05, 3.63) is 69.9 Å². The van der Waals surface area contributed by atoms with Crippen molar-refractivity contribution < 1.29 is 9.90 Å². The second kappa shape index (κ2) is 7.98. The van der Waals surface area contributed by atoms with Crippen molar-refractivity contribution in [3.63, 3.8) is 0 Å². The molecule has 0 amide bonds. The summed E-state index contributed by atoms with van der Waals surface area (Å²) < 4.78 is 1.92. The molecule has 0 aliphatic heterocycles. The van der Waals surface area contributed by atoms with Gasteiger partial charge in [-0.2, -0.15) is 0 Å². The highest BCUT2D eigenvalue weighted by molar-refractivity contribution is 6.31. The highest BCUT2D eigenvalue weighted by Gasteiger charge is 2.25. The number of aromatic nitrogens is 1. The van der Waals surface area contributed by atoms with Gasteiger partial charge in [-0.15, -0.1) is 0 Å². The number of hydrogen-bond acceptors (Lipinski definition) is 2. The lowest BCUT2D eigenvalue weighted by atomic mass is 10.1. The van der Waals surface area contributed by atoms with Gasteiger partial charge in [0, 0.05) is 35.1 Å². The fourth-order valence-electron chi connectivity index (χ4n) is 4.42. The van der Waals surface area contributed by atoms with E-state index in [1.807, 2.05) is 54.0 Å². The minimum Gasteiger partial charge on any atom is -0.477 e. The Hall–Kier alpha value is -2.30. The average Bonchev–Trinajstić information content (AvgIpc) is 3.29. The molecule has 2 N–H and O–H groups in total. The molecule has 4 rings (SSSR count). The molecular weight excluding hydrogens is 372 g/mol. The number of fused-ring (bicyclic) bond motifs is 1. The summed E-state index contributed by atoms with van der Waals surface area (Å²) in [5, 5.41) is 15.3. The third kappa shape index (κ3) is 3.54. The Kier molecular flexibility index (Phi) is 5.42. The number of carboxylic acid groups (broad SMARTS) is 1. The maximum absolute atomic E-state index is 12.3. The zero-order chi connectivity index (χ0) is 19.7. The van der Waals surface area contributed by atoms with Crippen LogP contribution in [0.4, 0.5) is 0 Å². The molecule has 1 heterocycles. The van der Waals surface area contributed by atoms with Gasteiger partial charge in [-0.3, -0.25) is 0 Å². The van der Waals surface area contributed by atoms with E-state index in [4.69, 9.17) is 11.6 Å². The van der Waals surface area contributed by atoms with E-state index in [9.17, 15) is 9.90 Å². The van der Waals surface area contributed by atoms with Crippen molar-refractivity contribution in [2.75, 3.05) is 0 Å². The number of aryl methyl sites for hydroxylation is 1. The third-order valence-corrected chi connectivity index (χ3v) is 6.17. The van der Waals surface area contributed by atoms with Gasteiger partial charge in [0.1, 0.15) is 5.69 Å². The molecule has 28 heavy (non-hydrogen) atoms. The van der Waals surface area contributed by atoms with Crippen LogP contribution in [0, 0.1) is 6.92 Å². The van der Waals surface area contributed by atoms with Gasteiger partial charge in [0.05, 0.1) is 5.52 Å². The standard InChI is InChI=1S/C23H25ClN2O2/c1-15-7-6-11-18-19(13-25-17-9-3-4-10-17)22(23(27)28)26(21(15)18)14-16-8-2-5-12-20(16)24/h2,5-8,11-12,17,25H,3-4,9-10,13-14H2,1H3,(H,27,28). The average molecular weight is 397 g/mol. The van der Waals surface area contributed by atoms with Gasteiger partial charge in [0.25, 0.3) is 0 Å². The summed E-state index contributed by atoms with van der Waals surface area (Å²) in [5.41, 5.74) is 4.18. The number of para-hydroxylation sites is 1. The van der Waals surface area contributed by atoms with Crippen LogP contribution >= 0.6 is 11.6 Å². The Morgan fingerprint density at radius 1 is 1.18 bits per heavy atom. The van der Waals surface area contributed by atoms with Crippen LogP contribution in [0.15, 0.2) is 42.5 Å². The molecule has 0 bridgehead atoms. The molecule has 0 radical (unpaired) electrons. The first-order valence-corrected chi connectivity index (χ1v) is 10.2. The molecular formula is C23H25ClN2O2. The van der Waals surface area contributed by atoms with Crippen LogP contribution in [0.5, 0.6) is 0 Å². The molecule has 5 heteroatoms. The number of benzene rings is 2. The number of nitrogens with one attached hydrogen (secondary N) is 1. The van der Waals surface area contributed by atoms with Crippen LogP contribution in [-0.4, -0.2) is 21.7 Å². The molecule has 0 atom stereocenters. The minimum atomic E-state index is -0.897. The Labute approximate surface area is 170 Å². The largest absolute Gasteiger partial charge is 0.477 e. The summed E-state index contributed by atoms with van der Waals surface area (Å²) >= 11 is 6.38. The van der Waals surface area contributed by atoms with E-state index in [0.29, 0.717) is 29.8 Å². The highest BCUT2D eigenvalue weighted by atomic mass is 35.5. The van der Waals surface area contributed by atoms with Gasteiger partial charge in [-0.1, -0.05) is 60.8 Å². The molecule has 1 aliphatic rings. The zero-order valence-electron chi connectivity index (χ0n) is 16.0. The van der Waals surface area contributed by atoms with E-state index in [-0.39, 0.29) is 0 Å². The molecule has 1 fully saturated rings. The second-order valence-corrected chi connectivity index (χ2v) is 8.05. The molecule has 3 aromatic rings. The van der Waals surface area contributed by atoms with E-state index in [1.165, 1.54) is 25.7 Å². The summed E-state index contributed by atoms with van der Waals surface area (Å²) in [6.45, 7) is 3.04. The molecule has 1 aromatic heterocycles. The van der Waals surface area contributed by atoms with Crippen molar-refractivity contribution in [3.8, 4) is 0 Å². The molecule has 0 unspecified atom stereocenters. The first-order chi connectivity index (χ1) is 13.6. The number of carboxylic acids is 1. The summed E-state index contributed by atoms with van der Waals surface area (Å²) in [4.78, 5) is 12.3. The van der Waals surface area contributed by atoms with Crippen LogP contribution in [0.2, 0.25) is 5.02 Å². The van der Waals surface area contributed by atoms with Gasteiger partial charge < -0.3 is 15.0 Å². The van der Waals surface area contributed by atoms with Crippen LogP contribution < -0.4 is 5.32 Å². The Morgan fingerprint density at radius 2 is 1.93 bits per heavy atom. The zero-order valence-corrected chi connectivity index (χ0v) is 16.8. The van der Waals surface area contributed by atoms with Crippen LogP contribution in [0.1, 0.15) is 52.9 Å². The molecule has 2 aromatic carbocycles. The van der Waals surface area contributed by atoms with Gasteiger partial charge in [0.2, 0.25) is 0 Å². The van der Waals surface area contributed by atoms with Crippen molar-refractivity contribution in [1.29, 1.82) is 0 Å². The molecule has 1 saturated carbocycles. The fourth-order valence-corrected chi connectivity index (χ4v) is 4.61. The lowest BCUT2D eigenvalue weighted by Gasteiger charge is -2.13. The number of nitrogens with zero attached hydrogens (tertiary/aromatic N) is 1. The summed E-state index contributed by atoms with van der Waals surface area (Å²) in [6.07, 6.45) is 4.83. The highest BCUT2D eigenvalue weighted by Crippen LogP contribution is 2.31. The van der Waals surface area contributed by atoms with E-state index in [0.717, 1.165) is 27.6 Å². The Morgan fingerprint density at radius 3 is 2.64 bits per heavy atom. The molecule has 1 aliphatic carbocycles. The summed E-state index contributed by atoms with van der Waals surface area (Å²) in [5.74, 6) is -0.897. The first kappa shape index (κ1) is 19.0. The first-order valence-electron chi connectivity index (χ1n) is 9.87. The van der Waals surface area contributed by atoms with E-state index in [1.54, 1.807) is 0 Å². The molecule has 0 spiro atoms. The number of aromatic carboxylic acids is 1. The molecule has 4 nitrogen and oxygen atoms in total. The number of hydrogen-bond donors (Lipinski definition) is 2. The maximum Gasteiger partial charge on any atom is 0.352 e. The molecule has 146 valence electrons. The van der Waals surface area contributed by atoms with Gasteiger partial charge in [-0.05, 0) is 37.0 Å². The summed E-state index contributed by atoms with van der Waals surface area (Å²) in [7, 11) is 0. The normalized spacial score (nSPS) is 14.8. The van der Waals surface area contributed by atoms with Crippen LogP contribution in [0.3, 0.4) is 0 Å².